The molecule has 1 fully saturated rings. The van der Waals surface area contributed by atoms with Crippen molar-refractivity contribution < 1.29 is 4.79 Å². The van der Waals surface area contributed by atoms with Gasteiger partial charge in [0.05, 0.1) is 0 Å². The number of carbonyl (C=O) groups excluding carboxylic acids is 1. The van der Waals surface area contributed by atoms with E-state index in [0.29, 0.717) is 17.4 Å². The van der Waals surface area contributed by atoms with Gasteiger partial charge in [0.25, 0.3) is 5.91 Å². The Balaban J connectivity index is 2.07. The summed E-state index contributed by atoms with van der Waals surface area (Å²) < 4.78 is 0. The number of aryl methyl sites for hydroxylation is 1. The average Bonchev–Trinajstić information content (AvgIpc) is 2.99. The van der Waals surface area contributed by atoms with Gasteiger partial charge < -0.3 is 10.6 Å². The molecule has 0 spiro atoms. The van der Waals surface area contributed by atoms with Crippen molar-refractivity contribution in [3.63, 3.8) is 0 Å². The normalized spacial score (nSPS) is 19.4. The number of rotatable bonds is 4. The molecule has 1 aromatic rings. The number of anilines is 1. The molecule has 0 bridgehead atoms. The van der Waals surface area contributed by atoms with E-state index in [9.17, 15) is 4.79 Å². The summed E-state index contributed by atoms with van der Waals surface area (Å²) in [4.78, 5) is 16.7. The molecule has 1 aliphatic heterocycles. The van der Waals surface area contributed by atoms with Crippen LogP contribution in [0.15, 0.2) is 0 Å². The van der Waals surface area contributed by atoms with E-state index in [1.54, 1.807) is 0 Å². The third-order valence-electron chi connectivity index (χ3n) is 3.97. The summed E-state index contributed by atoms with van der Waals surface area (Å²) in [6.45, 7) is 9.77. The van der Waals surface area contributed by atoms with Crippen molar-refractivity contribution in [2.45, 2.75) is 33.2 Å². The summed E-state index contributed by atoms with van der Waals surface area (Å²) in [5, 5.41) is 6.65. The van der Waals surface area contributed by atoms with Crippen molar-refractivity contribution in [1.82, 2.24) is 20.0 Å². The summed E-state index contributed by atoms with van der Waals surface area (Å²) in [6.07, 6.45) is 1.03. The maximum absolute atomic E-state index is 12.5. The number of hydrogen-bond donors (Lipinski definition) is 2. The van der Waals surface area contributed by atoms with Gasteiger partial charge in [-0.05, 0) is 26.4 Å². The molecule has 1 atom stereocenters. The van der Waals surface area contributed by atoms with E-state index in [4.69, 9.17) is 5.73 Å². The quantitative estimate of drug-likeness (QED) is 0.846. The van der Waals surface area contributed by atoms with Gasteiger partial charge in [0, 0.05) is 24.8 Å². The first-order valence-corrected chi connectivity index (χ1v) is 6.92. The zero-order valence-corrected chi connectivity index (χ0v) is 11.9. The summed E-state index contributed by atoms with van der Waals surface area (Å²) in [6, 6.07) is 0.465. The predicted molar refractivity (Wildman–Crippen MR) is 75.0 cm³/mol. The number of aromatic nitrogens is 2. The molecule has 6 nitrogen and oxygen atoms in total. The van der Waals surface area contributed by atoms with Crippen molar-refractivity contribution in [3.05, 3.63) is 11.3 Å². The predicted octanol–water partition coefficient (Wildman–Crippen LogP) is 0.857. The van der Waals surface area contributed by atoms with Crippen LogP contribution in [0.3, 0.4) is 0 Å². The van der Waals surface area contributed by atoms with Crippen molar-refractivity contribution in [1.29, 1.82) is 0 Å². The second-order valence-corrected chi connectivity index (χ2v) is 5.02. The molecule has 1 saturated heterocycles. The Kier molecular flexibility index (Phi) is 4.09. The first-order valence-electron chi connectivity index (χ1n) is 6.92. The molecule has 0 aliphatic carbocycles. The van der Waals surface area contributed by atoms with Gasteiger partial charge >= 0.3 is 0 Å². The van der Waals surface area contributed by atoms with Gasteiger partial charge in [-0.3, -0.25) is 14.8 Å². The van der Waals surface area contributed by atoms with Crippen molar-refractivity contribution >= 4 is 11.7 Å². The lowest BCUT2D eigenvalue weighted by Crippen LogP contribution is -2.38. The summed E-state index contributed by atoms with van der Waals surface area (Å²) in [5.74, 6) is 0.298. The number of nitrogen functional groups attached to an aromatic ring is 1. The van der Waals surface area contributed by atoms with Gasteiger partial charge in [0.15, 0.2) is 5.82 Å². The number of H-pyrrole nitrogens is 1. The van der Waals surface area contributed by atoms with Crippen LogP contribution in [-0.2, 0) is 0 Å². The molecule has 0 aromatic carbocycles. The molecule has 3 N–H and O–H groups in total. The number of nitrogens with one attached hydrogen (secondary N) is 1. The number of hydrogen-bond acceptors (Lipinski definition) is 4. The first-order chi connectivity index (χ1) is 9.08. The average molecular weight is 265 g/mol. The highest BCUT2D eigenvalue weighted by atomic mass is 16.2. The van der Waals surface area contributed by atoms with E-state index >= 15 is 0 Å². The Labute approximate surface area is 113 Å². The Morgan fingerprint density at radius 1 is 1.53 bits per heavy atom. The van der Waals surface area contributed by atoms with Crippen LogP contribution in [0.4, 0.5) is 5.82 Å². The van der Waals surface area contributed by atoms with E-state index in [2.05, 4.69) is 28.9 Å². The Bertz CT molecular complexity index is 432. The first kappa shape index (κ1) is 13.9. The topological polar surface area (TPSA) is 78.2 Å². The van der Waals surface area contributed by atoms with E-state index in [-0.39, 0.29) is 5.91 Å². The van der Waals surface area contributed by atoms with Crippen molar-refractivity contribution in [3.8, 4) is 0 Å². The molecule has 2 rings (SSSR count). The molecular weight excluding hydrogens is 242 g/mol. The van der Waals surface area contributed by atoms with Crippen LogP contribution in [0, 0.1) is 6.92 Å². The van der Waals surface area contributed by atoms with Crippen LogP contribution in [0.2, 0.25) is 0 Å². The van der Waals surface area contributed by atoms with Crippen molar-refractivity contribution in [2.24, 2.45) is 0 Å². The molecule has 19 heavy (non-hydrogen) atoms. The molecule has 0 saturated carbocycles. The second-order valence-electron chi connectivity index (χ2n) is 5.02. The Hall–Kier alpha value is -1.56. The van der Waals surface area contributed by atoms with Gasteiger partial charge in [-0.25, -0.2) is 0 Å². The SMILES string of the molecule is CCN(CC)C1CCN(C(=O)c2c(N)n[nH]c2C)C1. The van der Waals surface area contributed by atoms with Crippen LogP contribution < -0.4 is 5.73 Å². The lowest BCUT2D eigenvalue weighted by molar-refractivity contribution is 0.0778. The number of nitrogens with zero attached hydrogens (tertiary/aromatic N) is 3. The van der Waals surface area contributed by atoms with Gasteiger partial charge in [-0.2, -0.15) is 5.10 Å². The minimum absolute atomic E-state index is 0.00148. The molecule has 1 unspecified atom stereocenters. The number of likely N-dealkylation sites (tertiary alicyclic amines) is 1. The molecule has 2 heterocycles. The lowest BCUT2D eigenvalue weighted by atomic mass is 10.2. The molecule has 1 amide bonds. The van der Waals surface area contributed by atoms with Crippen LogP contribution in [0.5, 0.6) is 0 Å². The fourth-order valence-electron chi connectivity index (χ4n) is 2.84. The largest absolute Gasteiger partial charge is 0.382 e. The van der Waals surface area contributed by atoms with Gasteiger partial charge in [-0.15, -0.1) is 0 Å². The Morgan fingerprint density at radius 2 is 2.21 bits per heavy atom. The van der Waals surface area contributed by atoms with E-state index < -0.39 is 0 Å². The second kappa shape index (κ2) is 5.61. The molecule has 0 radical (unpaired) electrons. The number of nitrogens with two attached hydrogens (primary N) is 1. The number of aromatic amines is 1. The highest BCUT2D eigenvalue weighted by Crippen LogP contribution is 2.21. The van der Waals surface area contributed by atoms with Gasteiger partial charge in [-0.1, -0.05) is 13.8 Å². The molecular formula is C13H23N5O. The minimum atomic E-state index is -0.00148. The van der Waals surface area contributed by atoms with Crippen LogP contribution in [0.1, 0.15) is 36.3 Å². The third-order valence-corrected chi connectivity index (χ3v) is 3.97. The third kappa shape index (κ3) is 2.58. The van der Waals surface area contributed by atoms with Crippen molar-refractivity contribution in [2.75, 3.05) is 31.9 Å². The smallest absolute Gasteiger partial charge is 0.259 e. The van der Waals surface area contributed by atoms with Gasteiger partial charge in [0.2, 0.25) is 0 Å². The maximum Gasteiger partial charge on any atom is 0.259 e. The van der Waals surface area contributed by atoms with Crippen LogP contribution >= 0.6 is 0 Å². The van der Waals surface area contributed by atoms with E-state index in [0.717, 1.165) is 38.3 Å². The monoisotopic (exact) mass is 265 g/mol. The summed E-state index contributed by atoms with van der Waals surface area (Å²) in [5.41, 5.74) is 7.03. The van der Waals surface area contributed by atoms with Gasteiger partial charge in [0.1, 0.15) is 5.56 Å². The number of amides is 1. The zero-order valence-electron chi connectivity index (χ0n) is 11.9. The molecule has 1 aromatic heterocycles. The maximum atomic E-state index is 12.5. The molecule has 1 aliphatic rings. The van der Waals surface area contributed by atoms with E-state index in [1.165, 1.54) is 0 Å². The van der Waals surface area contributed by atoms with Crippen LogP contribution in [-0.4, -0.2) is 58.1 Å². The highest BCUT2D eigenvalue weighted by molar-refractivity contribution is 5.99. The lowest BCUT2D eigenvalue weighted by Gasteiger charge is -2.26. The number of carbonyl (C=O) groups is 1. The fraction of sp³-hybridized carbons (Fsp3) is 0.692. The summed E-state index contributed by atoms with van der Waals surface area (Å²) in [7, 11) is 0. The standard InChI is InChI=1S/C13H23N5O/c1-4-17(5-2)10-6-7-18(8-10)13(19)11-9(3)15-16-12(11)14/h10H,4-8H2,1-3H3,(H3,14,15,16). The zero-order chi connectivity index (χ0) is 14.0. The summed E-state index contributed by atoms with van der Waals surface area (Å²) >= 11 is 0. The van der Waals surface area contributed by atoms with Crippen LogP contribution in [0.25, 0.3) is 0 Å². The fourth-order valence-corrected chi connectivity index (χ4v) is 2.84. The Morgan fingerprint density at radius 3 is 2.74 bits per heavy atom. The highest BCUT2D eigenvalue weighted by Gasteiger charge is 2.31. The van der Waals surface area contributed by atoms with E-state index in [1.807, 2.05) is 11.8 Å². The number of likely N-dealkylation sites (N-methyl/N-ethyl adjacent to an activating group) is 1. The molecule has 106 valence electrons. The molecule has 6 heteroatoms. The minimum Gasteiger partial charge on any atom is -0.382 e.